The number of fused-ring (bicyclic) bond motifs is 1. The Labute approximate surface area is 164 Å². The summed E-state index contributed by atoms with van der Waals surface area (Å²) in [6.45, 7) is 2.71. The lowest BCUT2D eigenvalue weighted by atomic mass is 10.1. The highest BCUT2D eigenvalue weighted by Crippen LogP contribution is 2.34. The van der Waals surface area contributed by atoms with E-state index in [1.54, 1.807) is 25.1 Å². The van der Waals surface area contributed by atoms with E-state index in [-0.39, 0.29) is 26.6 Å². The second kappa shape index (κ2) is 7.57. The molecule has 1 aliphatic rings. The van der Waals surface area contributed by atoms with Crippen LogP contribution in [-0.2, 0) is 0 Å². The molecule has 1 aromatic carbocycles. The van der Waals surface area contributed by atoms with Gasteiger partial charge in [-0.15, -0.1) is 0 Å². The average molecular weight is 416 g/mol. The molecular formula is C16H13Cl3N4O3. The van der Waals surface area contributed by atoms with Crippen LogP contribution in [0.2, 0.25) is 15.2 Å². The second-order valence-corrected chi connectivity index (χ2v) is 6.40. The maximum absolute atomic E-state index is 12.3. The van der Waals surface area contributed by atoms with E-state index in [2.05, 4.69) is 15.5 Å². The number of amides is 1. The molecule has 1 aromatic heterocycles. The molecule has 3 rings (SSSR count). The molecule has 0 saturated carbocycles. The van der Waals surface area contributed by atoms with Gasteiger partial charge in [-0.3, -0.25) is 4.79 Å². The SMILES string of the molecule is C/C(=N/NC(=O)c1nc(Cl)c(Cl)c(N)c1Cl)c1ccc2c(c1)OCCO2. The lowest BCUT2D eigenvalue weighted by molar-refractivity contribution is 0.0950. The fourth-order valence-corrected chi connectivity index (χ4v) is 2.80. The first-order chi connectivity index (χ1) is 12.4. The zero-order valence-corrected chi connectivity index (χ0v) is 15.7. The van der Waals surface area contributed by atoms with Gasteiger partial charge in [0.15, 0.2) is 22.3 Å². The summed E-state index contributed by atoms with van der Waals surface area (Å²) in [7, 11) is 0. The summed E-state index contributed by atoms with van der Waals surface area (Å²) in [5.74, 6) is 0.618. The minimum absolute atomic E-state index is 0.0100. The van der Waals surface area contributed by atoms with Gasteiger partial charge in [-0.05, 0) is 25.1 Å². The average Bonchev–Trinajstić information content (AvgIpc) is 2.66. The number of nitrogen functional groups attached to an aromatic ring is 1. The number of aromatic nitrogens is 1. The number of halogens is 3. The number of rotatable bonds is 3. The number of pyridine rings is 1. The molecule has 0 unspecified atom stereocenters. The topological polar surface area (TPSA) is 98.8 Å². The number of ether oxygens (including phenoxy) is 2. The van der Waals surface area contributed by atoms with Crippen molar-refractivity contribution in [3.63, 3.8) is 0 Å². The van der Waals surface area contributed by atoms with E-state index in [1.807, 2.05) is 0 Å². The summed E-state index contributed by atoms with van der Waals surface area (Å²) in [5.41, 5.74) is 9.17. The van der Waals surface area contributed by atoms with Crippen LogP contribution in [0.4, 0.5) is 5.69 Å². The molecule has 7 nitrogen and oxygen atoms in total. The maximum Gasteiger partial charge on any atom is 0.291 e. The van der Waals surface area contributed by atoms with Crippen LogP contribution in [0.5, 0.6) is 11.5 Å². The predicted molar refractivity (Wildman–Crippen MR) is 101 cm³/mol. The van der Waals surface area contributed by atoms with Crippen LogP contribution in [0.1, 0.15) is 23.0 Å². The van der Waals surface area contributed by atoms with Crippen LogP contribution in [0.25, 0.3) is 0 Å². The van der Waals surface area contributed by atoms with Gasteiger partial charge in [0.1, 0.15) is 18.2 Å². The first kappa shape index (κ1) is 18.6. The van der Waals surface area contributed by atoms with Crippen molar-refractivity contribution in [1.82, 2.24) is 10.4 Å². The number of carbonyl (C=O) groups excluding carboxylic acids is 1. The van der Waals surface area contributed by atoms with Crippen molar-refractivity contribution in [3.05, 3.63) is 44.7 Å². The summed E-state index contributed by atoms with van der Waals surface area (Å²) >= 11 is 17.7. The quantitative estimate of drug-likeness (QED) is 0.454. The minimum atomic E-state index is -0.669. The van der Waals surface area contributed by atoms with Crippen molar-refractivity contribution in [2.75, 3.05) is 18.9 Å². The number of hydrogen-bond donors (Lipinski definition) is 2. The Morgan fingerprint density at radius 1 is 1.19 bits per heavy atom. The number of benzene rings is 1. The van der Waals surface area contributed by atoms with E-state index in [0.717, 1.165) is 5.56 Å². The monoisotopic (exact) mass is 414 g/mol. The standard InChI is InChI=1S/C16H13Cl3N4O3/c1-7(8-2-3-9-10(6-8)26-5-4-25-9)22-23-16(24)14-11(17)13(20)12(18)15(19)21-14/h2-3,6H,4-5H2,1H3,(H2,20,21)(H,23,24)/b22-7-. The Kier molecular flexibility index (Phi) is 5.41. The molecule has 2 aromatic rings. The molecule has 0 saturated heterocycles. The van der Waals surface area contributed by atoms with E-state index < -0.39 is 5.91 Å². The molecule has 10 heteroatoms. The number of hydrazone groups is 1. The van der Waals surface area contributed by atoms with Gasteiger partial charge < -0.3 is 15.2 Å². The van der Waals surface area contributed by atoms with Gasteiger partial charge in [-0.25, -0.2) is 10.4 Å². The molecule has 136 valence electrons. The van der Waals surface area contributed by atoms with Crippen LogP contribution < -0.4 is 20.6 Å². The maximum atomic E-state index is 12.3. The molecule has 0 radical (unpaired) electrons. The predicted octanol–water partition coefficient (Wildman–Crippen LogP) is 3.55. The molecule has 0 fully saturated rings. The highest BCUT2D eigenvalue weighted by atomic mass is 35.5. The molecule has 0 atom stereocenters. The number of hydrogen-bond acceptors (Lipinski definition) is 6. The zero-order valence-electron chi connectivity index (χ0n) is 13.5. The lowest BCUT2D eigenvalue weighted by Gasteiger charge is -2.18. The van der Waals surface area contributed by atoms with Crippen LogP contribution in [0.15, 0.2) is 23.3 Å². The summed E-state index contributed by atoms with van der Waals surface area (Å²) in [6, 6.07) is 5.37. The van der Waals surface area contributed by atoms with E-state index in [0.29, 0.717) is 30.4 Å². The van der Waals surface area contributed by atoms with Crippen molar-refractivity contribution < 1.29 is 14.3 Å². The summed E-state index contributed by atoms with van der Waals surface area (Å²) in [4.78, 5) is 16.1. The first-order valence-corrected chi connectivity index (χ1v) is 8.56. The minimum Gasteiger partial charge on any atom is -0.486 e. The first-order valence-electron chi connectivity index (χ1n) is 7.43. The van der Waals surface area contributed by atoms with Gasteiger partial charge in [0.25, 0.3) is 5.91 Å². The zero-order chi connectivity index (χ0) is 18.8. The number of nitrogens with one attached hydrogen (secondary N) is 1. The van der Waals surface area contributed by atoms with Crippen LogP contribution in [0, 0.1) is 0 Å². The number of nitrogens with two attached hydrogens (primary N) is 1. The van der Waals surface area contributed by atoms with E-state index in [9.17, 15) is 4.79 Å². The molecule has 3 N–H and O–H groups in total. The Morgan fingerprint density at radius 2 is 1.88 bits per heavy atom. The number of nitrogens with zero attached hydrogens (tertiary/aromatic N) is 2. The van der Waals surface area contributed by atoms with Gasteiger partial charge in [0.05, 0.1) is 16.4 Å². The Hall–Kier alpha value is -2.22. The third-order valence-electron chi connectivity index (χ3n) is 3.57. The summed E-state index contributed by atoms with van der Waals surface area (Å²) in [5, 5.41) is 3.83. The largest absolute Gasteiger partial charge is 0.486 e. The van der Waals surface area contributed by atoms with E-state index >= 15 is 0 Å². The third-order valence-corrected chi connectivity index (χ3v) is 4.71. The summed E-state index contributed by atoms with van der Waals surface area (Å²) < 4.78 is 11.0. The molecule has 1 amide bonds. The van der Waals surface area contributed by atoms with E-state index in [1.165, 1.54) is 0 Å². The molecular weight excluding hydrogens is 403 g/mol. The Bertz CT molecular complexity index is 918. The third kappa shape index (κ3) is 3.65. The molecule has 1 aliphatic heterocycles. The second-order valence-electron chi connectivity index (χ2n) is 5.29. The van der Waals surface area contributed by atoms with Crippen molar-refractivity contribution in [3.8, 4) is 11.5 Å². The van der Waals surface area contributed by atoms with Gasteiger partial charge in [-0.1, -0.05) is 34.8 Å². The highest BCUT2D eigenvalue weighted by molar-refractivity contribution is 6.46. The normalized spacial score (nSPS) is 13.5. The van der Waals surface area contributed by atoms with Gasteiger partial charge in [0.2, 0.25) is 0 Å². The molecule has 0 bridgehead atoms. The van der Waals surface area contributed by atoms with Crippen molar-refractivity contribution in [1.29, 1.82) is 0 Å². The van der Waals surface area contributed by atoms with Crippen LogP contribution in [-0.4, -0.2) is 29.8 Å². The smallest absolute Gasteiger partial charge is 0.291 e. The van der Waals surface area contributed by atoms with E-state index in [4.69, 9.17) is 50.0 Å². The Morgan fingerprint density at radius 3 is 2.62 bits per heavy atom. The lowest BCUT2D eigenvalue weighted by Crippen LogP contribution is -2.22. The van der Waals surface area contributed by atoms with Gasteiger partial charge >= 0.3 is 0 Å². The molecule has 26 heavy (non-hydrogen) atoms. The fourth-order valence-electron chi connectivity index (χ4n) is 2.20. The highest BCUT2D eigenvalue weighted by Gasteiger charge is 2.20. The summed E-state index contributed by atoms with van der Waals surface area (Å²) in [6.07, 6.45) is 0. The van der Waals surface area contributed by atoms with Crippen molar-refractivity contribution >= 4 is 52.1 Å². The molecule has 0 aliphatic carbocycles. The van der Waals surface area contributed by atoms with Crippen LogP contribution in [0.3, 0.4) is 0 Å². The van der Waals surface area contributed by atoms with Crippen LogP contribution >= 0.6 is 34.8 Å². The fraction of sp³-hybridized carbons (Fsp3) is 0.188. The van der Waals surface area contributed by atoms with Crippen molar-refractivity contribution in [2.24, 2.45) is 5.10 Å². The van der Waals surface area contributed by atoms with Gasteiger partial charge in [0, 0.05) is 5.56 Å². The Balaban J connectivity index is 1.80. The number of anilines is 1. The van der Waals surface area contributed by atoms with Gasteiger partial charge in [-0.2, -0.15) is 5.10 Å². The molecule has 0 spiro atoms. The molecule has 2 heterocycles. The number of carbonyl (C=O) groups is 1. The van der Waals surface area contributed by atoms with Crippen molar-refractivity contribution in [2.45, 2.75) is 6.92 Å².